The minimum atomic E-state index is -0.421. The van der Waals surface area contributed by atoms with Gasteiger partial charge in [-0.05, 0) is 24.1 Å². The molecule has 0 aliphatic carbocycles. The van der Waals surface area contributed by atoms with Crippen LogP contribution < -0.4 is 15.2 Å². The van der Waals surface area contributed by atoms with Crippen LogP contribution >= 0.6 is 12.4 Å². The van der Waals surface area contributed by atoms with Crippen molar-refractivity contribution in [2.45, 2.75) is 12.5 Å². The zero-order chi connectivity index (χ0) is 11.3. The van der Waals surface area contributed by atoms with Crippen LogP contribution in [0.15, 0.2) is 18.2 Å². The average Bonchev–Trinajstić information content (AvgIpc) is 2.28. The molecule has 3 nitrogen and oxygen atoms in total. The van der Waals surface area contributed by atoms with Crippen molar-refractivity contribution in [3.05, 3.63) is 23.8 Å². The molecule has 1 aromatic rings. The summed E-state index contributed by atoms with van der Waals surface area (Å²) in [6, 6.07) is 5.07. The minimum absolute atomic E-state index is 0. The monoisotopic (exact) mass is 249 g/mol. The van der Waals surface area contributed by atoms with Crippen molar-refractivity contribution in [1.82, 2.24) is 0 Å². The van der Waals surface area contributed by atoms with E-state index in [1.54, 1.807) is 26.4 Å². The quantitative estimate of drug-likeness (QED) is 0.872. The Kier molecular flexibility index (Phi) is 6.85. The highest BCUT2D eigenvalue weighted by molar-refractivity contribution is 5.85. The topological polar surface area (TPSA) is 44.5 Å². The van der Waals surface area contributed by atoms with E-state index in [9.17, 15) is 4.39 Å². The van der Waals surface area contributed by atoms with Gasteiger partial charge in [0.2, 0.25) is 0 Å². The molecule has 1 rings (SSSR count). The molecular weight excluding hydrogens is 233 g/mol. The van der Waals surface area contributed by atoms with E-state index in [1.165, 1.54) is 0 Å². The first-order valence-electron chi connectivity index (χ1n) is 4.76. The van der Waals surface area contributed by atoms with Gasteiger partial charge in [0.1, 0.15) is 0 Å². The number of hydrogen-bond acceptors (Lipinski definition) is 3. The van der Waals surface area contributed by atoms with Gasteiger partial charge in [0.25, 0.3) is 0 Å². The molecule has 16 heavy (non-hydrogen) atoms. The molecule has 0 fully saturated rings. The lowest BCUT2D eigenvalue weighted by Gasteiger charge is -2.13. The maximum Gasteiger partial charge on any atom is 0.161 e. The van der Waals surface area contributed by atoms with Crippen LogP contribution in [0.1, 0.15) is 18.0 Å². The van der Waals surface area contributed by atoms with Gasteiger partial charge < -0.3 is 15.2 Å². The van der Waals surface area contributed by atoms with Gasteiger partial charge in [-0.3, -0.25) is 4.39 Å². The predicted octanol–water partition coefficient (Wildman–Crippen LogP) is 2.49. The molecule has 0 aliphatic rings. The number of benzene rings is 1. The number of alkyl halides is 1. The number of rotatable bonds is 5. The Labute approximate surface area is 101 Å². The lowest BCUT2D eigenvalue weighted by atomic mass is 10.0. The molecule has 5 heteroatoms. The summed E-state index contributed by atoms with van der Waals surface area (Å²) in [5.41, 5.74) is 6.64. The van der Waals surface area contributed by atoms with Crippen molar-refractivity contribution in [2.75, 3.05) is 20.9 Å². The van der Waals surface area contributed by atoms with Crippen molar-refractivity contribution in [3.63, 3.8) is 0 Å². The van der Waals surface area contributed by atoms with Gasteiger partial charge in [-0.1, -0.05) is 6.07 Å². The zero-order valence-corrected chi connectivity index (χ0v) is 10.2. The van der Waals surface area contributed by atoms with Crippen LogP contribution in [0.3, 0.4) is 0 Å². The highest BCUT2D eigenvalue weighted by Gasteiger charge is 2.09. The van der Waals surface area contributed by atoms with E-state index < -0.39 is 6.67 Å². The fraction of sp³-hybridized carbons (Fsp3) is 0.455. The fourth-order valence-electron chi connectivity index (χ4n) is 1.37. The third kappa shape index (κ3) is 3.54. The third-order valence-corrected chi connectivity index (χ3v) is 2.26. The van der Waals surface area contributed by atoms with Gasteiger partial charge >= 0.3 is 0 Å². The molecule has 0 saturated heterocycles. The van der Waals surface area contributed by atoms with Crippen LogP contribution in [0.5, 0.6) is 11.5 Å². The molecule has 0 amide bonds. The van der Waals surface area contributed by atoms with Gasteiger partial charge in [0.05, 0.1) is 20.9 Å². The molecule has 92 valence electrons. The van der Waals surface area contributed by atoms with Crippen LogP contribution in [0.4, 0.5) is 4.39 Å². The van der Waals surface area contributed by atoms with E-state index in [0.717, 1.165) is 5.56 Å². The maximum absolute atomic E-state index is 12.1. The second-order valence-corrected chi connectivity index (χ2v) is 3.20. The van der Waals surface area contributed by atoms with Crippen LogP contribution in [0.2, 0.25) is 0 Å². The van der Waals surface area contributed by atoms with Crippen LogP contribution in [0.25, 0.3) is 0 Å². The molecule has 2 N–H and O–H groups in total. The fourth-order valence-corrected chi connectivity index (χ4v) is 1.37. The molecule has 1 atom stereocenters. The smallest absolute Gasteiger partial charge is 0.161 e. The number of hydrogen-bond donors (Lipinski definition) is 1. The second-order valence-electron chi connectivity index (χ2n) is 3.20. The molecule has 0 radical (unpaired) electrons. The van der Waals surface area contributed by atoms with Crippen molar-refractivity contribution < 1.29 is 13.9 Å². The number of nitrogens with two attached hydrogens (primary N) is 1. The first-order valence-corrected chi connectivity index (χ1v) is 4.76. The van der Waals surface area contributed by atoms with E-state index in [-0.39, 0.29) is 18.4 Å². The molecule has 0 unspecified atom stereocenters. The summed E-state index contributed by atoms with van der Waals surface area (Å²) in [6.07, 6.45) is 0.315. The summed E-state index contributed by atoms with van der Waals surface area (Å²) in [5, 5.41) is 0. The molecule has 0 saturated carbocycles. The summed E-state index contributed by atoms with van der Waals surface area (Å²) in [6.45, 7) is -0.421. The number of halogens is 2. The Morgan fingerprint density at radius 3 is 2.38 bits per heavy atom. The zero-order valence-electron chi connectivity index (χ0n) is 9.40. The molecular formula is C11H17ClFNO2. The SMILES string of the molecule is COc1ccc([C@@H](N)CCF)cc1OC.Cl. The lowest BCUT2D eigenvalue weighted by Crippen LogP contribution is -2.11. The Morgan fingerprint density at radius 1 is 1.25 bits per heavy atom. The second kappa shape index (κ2) is 7.30. The Balaban J connectivity index is 0.00000225. The molecule has 0 bridgehead atoms. The first-order chi connectivity index (χ1) is 7.22. The van der Waals surface area contributed by atoms with Crippen molar-refractivity contribution in [1.29, 1.82) is 0 Å². The standard InChI is InChI=1S/C11H16FNO2.ClH/c1-14-10-4-3-8(7-11(10)15-2)9(13)5-6-12;/h3-4,7,9H,5-6,13H2,1-2H3;1H/t9-;/m0./s1. The molecule has 0 heterocycles. The van der Waals surface area contributed by atoms with E-state index >= 15 is 0 Å². The summed E-state index contributed by atoms with van der Waals surface area (Å²) in [5.74, 6) is 1.26. The Morgan fingerprint density at radius 2 is 1.88 bits per heavy atom. The van der Waals surface area contributed by atoms with Crippen LogP contribution in [-0.2, 0) is 0 Å². The molecule has 1 aromatic carbocycles. The highest BCUT2D eigenvalue weighted by Crippen LogP contribution is 2.30. The van der Waals surface area contributed by atoms with E-state index in [4.69, 9.17) is 15.2 Å². The van der Waals surface area contributed by atoms with Crippen LogP contribution in [0, 0.1) is 0 Å². The molecule has 0 aromatic heterocycles. The Hall–Kier alpha value is -1.00. The van der Waals surface area contributed by atoms with Crippen molar-refractivity contribution in [2.24, 2.45) is 5.73 Å². The first kappa shape index (κ1) is 15.0. The minimum Gasteiger partial charge on any atom is -0.493 e. The Bertz CT molecular complexity index is 323. The number of ether oxygens (including phenoxy) is 2. The number of methoxy groups -OCH3 is 2. The molecule has 0 spiro atoms. The summed E-state index contributed by atoms with van der Waals surface area (Å²) >= 11 is 0. The van der Waals surface area contributed by atoms with E-state index in [2.05, 4.69) is 0 Å². The summed E-state index contributed by atoms with van der Waals surface area (Å²) in [4.78, 5) is 0. The lowest BCUT2D eigenvalue weighted by molar-refractivity contribution is 0.353. The average molecular weight is 250 g/mol. The maximum atomic E-state index is 12.1. The largest absolute Gasteiger partial charge is 0.493 e. The summed E-state index contributed by atoms with van der Waals surface area (Å²) < 4.78 is 22.3. The van der Waals surface area contributed by atoms with E-state index in [0.29, 0.717) is 17.9 Å². The predicted molar refractivity (Wildman–Crippen MR) is 64.3 cm³/mol. The van der Waals surface area contributed by atoms with Gasteiger partial charge in [0, 0.05) is 6.04 Å². The van der Waals surface area contributed by atoms with E-state index in [1.807, 2.05) is 6.07 Å². The molecule has 0 aliphatic heterocycles. The van der Waals surface area contributed by atoms with Crippen molar-refractivity contribution in [3.8, 4) is 11.5 Å². The normalized spacial score (nSPS) is 11.5. The van der Waals surface area contributed by atoms with Crippen LogP contribution in [-0.4, -0.2) is 20.9 Å². The van der Waals surface area contributed by atoms with Gasteiger partial charge in [0.15, 0.2) is 11.5 Å². The third-order valence-electron chi connectivity index (χ3n) is 2.26. The van der Waals surface area contributed by atoms with Gasteiger partial charge in [-0.2, -0.15) is 0 Å². The van der Waals surface area contributed by atoms with Crippen molar-refractivity contribution >= 4 is 12.4 Å². The summed E-state index contributed by atoms with van der Waals surface area (Å²) in [7, 11) is 3.13. The van der Waals surface area contributed by atoms with Gasteiger partial charge in [-0.15, -0.1) is 12.4 Å². The highest BCUT2D eigenvalue weighted by atomic mass is 35.5. The van der Waals surface area contributed by atoms with Gasteiger partial charge in [-0.25, -0.2) is 0 Å².